The molecule has 3 rings (SSSR count). The molecule has 7 nitrogen and oxygen atoms in total. The number of nitrogens with zero attached hydrogens (tertiary/aromatic N) is 1. The van der Waals surface area contributed by atoms with Gasteiger partial charge in [0.1, 0.15) is 0 Å². The highest BCUT2D eigenvalue weighted by atomic mass is 32.2. The predicted molar refractivity (Wildman–Crippen MR) is 118 cm³/mol. The first kappa shape index (κ1) is 22.3. The molecule has 1 aromatic rings. The van der Waals surface area contributed by atoms with Crippen molar-refractivity contribution in [3.8, 4) is 0 Å². The Morgan fingerprint density at radius 1 is 1.23 bits per heavy atom. The number of hydrogen-bond acceptors (Lipinski definition) is 4. The summed E-state index contributed by atoms with van der Waals surface area (Å²) in [4.78, 5) is 24.2. The Hall–Kier alpha value is -2.35. The highest BCUT2D eigenvalue weighted by molar-refractivity contribution is 7.94. The molecule has 164 valence electrons. The second-order valence-corrected chi connectivity index (χ2v) is 10.5. The number of carbonyl (C=O) groups excluding carboxylic acids is 2. The Kier molecular flexibility index (Phi) is 6.26. The minimum Gasteiger partial charge on any atom is -0.333 e. The number of carbonyl (C=O) groups is 2. The maximum Gasteiger partial charge on any atom is 0.321 e. The lowest BCUT2D eigenvalue weighted by molar-refractivity contribution is -0.120. The number of anilines is 1. The average molecular weight is 434 g/mol. The SMILES string of the molecule is C=C(C)CCC1c2cc(C)ccc2N(S(=O)(=O)C2C(=O)NC(=O)NC2C)C1CCC. The number of nitrogens with one attached hydrogen (secondary N) is 2. The van der Waals surface area contributed by atoms with Gasteiger partial charge in [0.05, 0.1) is 17.8 Å². The summed E-state index contributed by atoms with van der Waals surface area (Å²) in [5.74, 6) is -0.747. The van der Waals surface area contributed by atoms with Crippen molar-refractivity contribution >= 4 is 27.6 Å². The summed E-state index contributed by atoms with van der Waals surface area (Å²) in [7, 11) is -4.07. The van der Waals surface area contributed by atoms with Gasteiger partial charge in [-0.15, -0.1) is 6.58 Å². The zero-order valence-corrected chi connectivity index (χ0v) is 18.9. The molecule has 1 saturated heterocycles. The number of amides is 3. The third-order valence-corrected chi connectivity index (χ3v) is 8.24. The number of urea groups is 1. The Labute approximate surface area is 179 Å². The van der Waals surface area contributed by atoms with Gasteiger partial charge in [0.25, 0.3) is 0 Å². The number of hydrogen-bond donors (Lipinski definition) is 2. The van der Waals surface area contributed by atoms with Crippen molar-refractivity contribution in [2.24, 2.45) is 0 Å². The Morgan fingerprint density at radius 3 is 2.53 bits per heavy atom. The normalized spacial score (nSPS) is 26.2. The van der Waals surface area contributed by atoms with E-state index >= 15 is 0 Å². The summed E-state index contributed by atoms with van der Waals surface area (Å²) < 4.78 is 29.1. The summed E-state index contributed by atoms with van der Waals surface area (Å²) in [6, 6.07) is 4.05. The molecule has 1 fully saturated rings. The van der Waals surface area contributed by atoms with Crippen LogP contribution in [0.1, 0.15) is 63.5 Å². The number of allylic oxidation sites excluding steroid dienone is 1. The molecule has 30 heavy (non-hydrogen) atoms. The molecule has 0 aromatic heterocycles. The third kappa shape index (κ3) is 3.97. The smallest absolute Gasteiger partial charge is 0.321 e. The Balaban J connectivity index is 2.10. The van der Waals surface area contributed by atoms with Crippen LogP contribution in [0, 0.1) is 6.92 Å². The van der Waals surface area contributed by atoms with Crippen LogP contribution >= 0.6 is 0 Å². The highest BCUT2D eigenvalue weighted by Gasteiger charge is 2.51. The Bertz CT molecular complexity index is 973. The van der Waals surface area contributed by atoms with Gasteiger partial charge in [-0.25, -0.2) is 13.2 Å². The Morgan fingerprint density at radius 2 is 1.93 bits per heavy atom. The number of rotatable bonds is 7. The van der Waals surface area contributed by atoms with Gasteiger partial charge >= 0.3 is 6.03 Å². The van der Waals surface area contributed by atoms with Crippen LogP contribution in [0.4, 0.5) is 10.5 Å². The van der Waals surface area contributed by atoms with E-state index in [2.05, 4.69) is 23.3 Å². The van der Waals surface area contributed by atoms with Crippen molar-refractivity contribution in [2.75, 3.05) is 4.31 Å². The van der Waals surface area contributed by atoms with Crippen LogP contribution in [0.15, 0.2) is 30.4 Å². The van der Waals surface area contributed by atoms with Crippen LogP contribution in [-0.2, 0) is 14.8 Å². The van der Waals surface area contributed by atoms with E-state index in [9.17, 15) is 18.0 Å². The van der Waals surface area contributed by atoms with Crippen molar-refractivity contribution in [1.29, 1.82) is 0 Å². The fraction of sp³-hybridized carbons (Fsp3) is 0.545. The molecule has 0 saturated carbocycles. The van der Waals surface area contributed by atoms with E-state index in [1.165, 1.54) is 4.31 Å². The second-order valence-electron chi connectivity index (χ2n) is 8.53. The first-order chi connectivity index (χ1) is 14.1. The topological polar surface area (TPSA) is 95.6 Å². The van der Waals surface area contributed by atoms with E-state index in [0.29, 0.717) is 12.1 Å². The minimum absolute atomic E-state index is 0.0304. The molecule has 4 atom stereocenters. The zero-order chi connectivity index (χ0) is 22.2. The van der Waals surface area contributed by atoms with E-state index in [4.69, 9.17) is 0 Å². The average Bonchev–Trinajstić information content (AvgIpc) is 2.92. The van der Waals surface area contributed by atoms with Crippen molar-refractivity contribution in [2.45, 2.75) is 76.6 Å². The fourth-order valence-corrected chi connectivity index (χ4v) is 6.88. The fourth-order valence-electron chi connectivity index (χ4n) is 4.65. The number of fused-ring (bicyclic) bond motifs is 1. The van der Waals surface area contributed by atoms with Gasteiger partial charge in [-0.05, 0) is 51.7 Å². The maximum absolute atomic E-state index is 13.8. The molecule has 1 aromatic carbocycles. The zero-order valence-electron chi connectivity index (χ0n) is 18.1. The molecule has 3 amide bonds. The molecule has 8 heteroatoms. The quantitative estimate of drug-likeness (QED) is 0.645. The van der Waals surface area contributed by atoms with Gasteiger partial charge in [-0.1, -0.05) is 36.6 Å². The van der Waals surface area contributed by atoms with Gasteiger partial charge in [-0.2, -0.15) is 0 Å². The monoisotopic (exact) mass is 433 g/mol. The molecular formula is C22H31N3O4S. The molecule has 0 aliphatic carbocycles. The van der Waals surface area contributed by atoms with Crippen molar-refractivity contribution in [1.82, 2.24) is 10.6 Å². The maximum atomic E-state index is 13.8. The van der Waals surface area contributed by atoms with Crippen LogP contribution in [0.25, 0.3) is 0 Å². The van der Waals surface area contributed by atoms with Gasteiger partial charge < -0.3 is 5.32 Å². The van der Waals surface area contributed by atoms with Crippen LogP contribution in [0.5, 0.6) is 0 Å². The van der Waals surface area contributed by atoms with Gasteiger partial charge in [0, 0.05) is 5.92 Å². The summed E-state index contributed by atoms with van der Waals surface area (Å²) in [5.41, 5.74) is 3.78. The number of benzene rings is 1. The predicted octanol–water partition coefficient (Wildman–Crippen LogP) is 3.35. The first-order valence-corrected chi connectivity index (χ1v) is 12.0. The van der Waals surface area contributed by atoms with Crippen molar-refractivity contribution in [3.63, 3.8) is 0 Å². The lowest BCUT2D eigenvalue weighted by Crippen LogP contribution is -2.65. The number of sulfonamides is 1. The molecule has 4 unspecified atom stereocenters. The van der Waals surface area contributed by atoms with Crippen LogP contribution in [0.2, 0.25) is 0 Å². The molecule has 2 aliphatic rings. The number of aryl methyl sites for hydroxylation is 1. The lowest BCUT2D eigenvalue weighted by Gasteiger charge is -2.36. The molecule has 2 aliphatic heterocycles. The third-order valence-electron chi connectivity index (χ3n) is 5.96. The van der Waals surface area contributed by atoms with Gasteiger partial charge in [-0.3, -0.25) is 14.4 Å². The minimum atomic E-state index is -4.07. The van der Waals surface area contributed by atoms with E-state index in [0.717, 1.165) is 36.0 Å². The van der Waals surface area contributed by atoms with Crippen molar-refractivity contribution in [3.05, 3.63) is 41.5 Å². The van der Waals surface area contributed by atoms with E-state index in [-0.39, 0.29) is 12.0 Å². The first-order valence-electron chi connectivity index (χ1n) is 10.5. The van der Waals surface area contributed by atoms with Crippen molar-refractivity contribution < 1.29 is 18.0 Å². The van der Waals surface area contributed by atoms with E-state index in [1.807, 2.05) is 32.9 Å². The molecule has 2 heterocycles. The van der Waals surface area contributed by atoms with E-state index in [1.54, 1.807) is 6.92 Å². The summed E-state index contributed by atoms with van der Waals surface area (Å²) in [6.07, 6.45) is 3.10. The van der Waals surface area contributed by atoms with Crippen LogP contribution in [0.3, 0.4) is 0 Å². The highest BCUT2D eigenvalue weighted by Crippen LogP contribution is 2.48. The summed E-state index contributed by atoms with van der Waals surface area (Å²) in [5, 5.41) is 3.27. The lowest BCUT2D eigenvalue weighted by atomic mass is 9.87. The summed E-state index contributed by atoms with van der Waals surface area (Å²) in [6.45, 7) is 11.6. The van der Waals surface area contributed by atoms with Crippen LogP contribution < -0.4 is 14.9 Å². The van der Waals surface area contributed by atoms with Gasteiger partial charge in [0.2, 0.25) is 15.9 Å². The molecule has 0 spiro atoms. The molecule has 0 bridgehead atoms. The van der Waals surface area contributed by atoms with Gasteiger partial charge in [0.15, 0.2) is 5.25 Å². The molecule has 2 N–H and O–H groups in total. The van der Waals surface area contributed by atoms with Crippen LogP contribution in [-0.4, -0.2) is 37.7 Å². The molecule has 0 radical (unpaired) electrons. The molecular weight excluding hydrogens is 402 g/mol. The number of imide groups is 1. The standard InChI is InChI=1S/C22H31N3O4S/c1-6-7-18-16(10-8-13(2)3)17-12-14(4)9-11-19(17)25(18)30(28,29)20-15(5)23-22(27)24-21(20)26/h9,11-12,15-16,18,20H,2,6-8,10H2,1,3-5H3,(H2,23,24,26,27). The largest absolute Gasteiger partial charge is 0.333 e. The van der Waals surface area contributed by atoms with E-state index < -0.39 is 33.3 Å². The second kappa shape index (κ2) is 8.41. The summed E-state index contributed by atoms with van der Waals surface area (Å²) >= 11 is 0.